The van der Waals surface area contributed by atoms with Crippen LogP contribution in [0.25, 0.3) is 22.0 Å². The molecule has 0 bridgehead atoms. The third kappa shape index (κ3) is 2.86. The zero-order chi connectivity index (χ0) is 16.6. The second-order valence-corrected chi connectivity index (χ2v) is 5.31. The van der Waals surface area contributed by atoms with E-state index in [0.29, 0.717) is 11.3 Å². The lowest BCUT2D eigenvalue weighted by atomic mass is 10.0. The van der Waals surface area contributed by atoms with Crippen LogP contribution in [0.4, 0.5) is 13.2 Å². The number of halogens is 3. The fourth-order valence-electron chi connectivity index (χ4n) is 2.66. The Hall–Kier alpha value is -2.56. The third-order valence-corrected chi connectivity index (χ3v) is 3.80. The van der Waals surface area contributed by atoms with Crippen LogP contribution >= 0.6 is 0 Å². The van der Waals surface area contributed by atoms with Crippen LogP contribution in [0.1, 0.15) is 5.56 Å². The first kappa shape index (κ1) is 15.3. The molecule has 0 aliphatic rings. The lowest BCUT2D eigenvalue weighted by Gasteiger charge is -2.09. The lowest BCUT2D eigenvalue weighted by Crippen LogP contribution is -2.30. The van der Waals surface area contributed by atoms with Gasteiger partial charge in [-0.1, -0.05) is 18.2 Å². The highest BCUT2D eigenvalue weighted by atomic mass is 19.4. The fraction of sp³-hybridized carbons (Fsp3) is 0.167. The van der Waals surface area contributed by atoms with Crippen LogP contribution in [0.3, 0.4) is 0 Å². The molecule has 0 spiro atoms. The van der Waals surface area contributed by atoms with Crippen LogP contribution in [0.5, 0.6) is 5.75 Å². The van der Waals surface area contributed by atoms with Gasteiger partial charge in [-0.25, -0.2) is 4.57 Å². The number of pyridine rings is 1. The zero-order valence-corrected chi connectivity index (χ0v) is 12.7. The Kier molecular flexibility index (Phi) is 3.72. The van der Waals surface area contributed by atoms with Crippen molar-refractivity contribution in [1.29, 1.82) is 0 Å². The zero-order valence-electron chi connectivity index (χ0n) is 12.7. The van der Waals surface area contributed by atoms with Crippen LogP contribution in [0, 0.1) is 0 Å². The Balaban J connectivity index is 2.19. The molecule has 23 heavy (non-hydrogen) atoms. The molecule has 0 amide bonds. The normalized spacial score (nSPS) is 11.7. The molecule has 1 aromatic heterocycles. The standard InChI is InChI=1S/C18H15F3NO/c1-22-11-15-12(5-4-8-17(15)23-2)10-16(22)13-6-3-7-14(9-13)18(19,20)21/h3-11H,1-2H3/q+1. The molecule has 1 heterocycles. The minimum absolute atomic E-state index is 0.520. The number of benzene rings is 2. The number of hydrogen-bond donors (Lipinski definition) is 0. The Labute approximate surface area is 131 Å². The maximum absolute atomic E-state index is 12.9. The number of aromatic nitrogens is 1. The summed E-state index contributed by atoms with van der Waals surface area (Å²) in [5, 5.41) is 1.82. The Morgan fingerprint density at radius 3 is 2.43 bits per heavy atom. The van der Waals surface area contributed by atoms with Crippen LogP contribution in [-0.4, -0.2) is 7.11 Å². The summed E-state index contributed by atoms with van der Waals surface area (Å²) in [4.78, 5) is 0. The maximum atomic E-state index is 12.9. The van der Waals surface area contributed by atoms with Crippen molar-refractivity contribution in [3.63, 3.8) is 0 Å². The van der Waals surface area contributed by atoms with Crippen molar-refractivity contribution in [3.8, 4) is 17.0 Å². The summed E-state index contributed by atoms with van der Waals surface area (Å²) in [7, 11) is 3.40. The van der Waals surface area contributed by atoms with Gasteiger partial charge in [-0.3, -0.25) is 0 Å². The number of fused-ring (bicyclic) bond motifs is 1. The number of aryl methyl sites for hydroxylation is 1. The number of ether oxygens (including phenoxy) is 1. The first-order valence-electron chi connectivity index (χ1n) is 7.04. The van der Waals surface area contributed by atoms with E-state index < -0.39 is 11.7 Å². The average molecular weight is 318 g/mol. The van der Waals surface area contributed by atoms with E-state index in [4.69, 9.17) is 4.74 Å². The van der Waals surface area contributed by atoms with Gasteiger partial charge in [0.05, 0.1) is 18.1 Å². The molecule has 0 unspecified atom stereocenters. The van der Waals surface area contributed by atoms with E-state index in [1.807, 2.05) is 37.5 Å². The Morgan fingerprint density at radius 1 is 1.00 bits per heavy atom. The molecule has 2 nitrogen and oxygen atoms in total. The summed E-state index contributed by atoms with van der Waals surface area (Å²) < 4.78 is 45.9. The van der Waals surface area contributed by atoms with Gasteiger partial charge in [0.2, 0.25) is 5.69 Å². The van der Waals surface area contributed by atoms with Gasteiger partial charge in [-0.15, -0.1) is 0 Å². The van der Waals surface area contributed by atoms with E-state index >= 15 is 0 Å². The van der Waals surface area contributed by atoms with Crippen molar-refractivity contribution in [2.24, 2.45) is 7.05 Å². The highest BCUT2D eigenvalue weighted by Gasteiger charge is 2.31. The number of hydrogen-bond acceptors (Lipinski definition) is 1. The Morgan fingerprint density at radius 2 is 1.74 bits per heavy atom. The monoisotopic (exact) mass is 318 g/mol. The smallest absolute Gasteiger partial charge is 0.416 e. The summed E-state index contributed by atoms with van der Waals surface area (Å²) in [5.74, 6) is 0.730. The first-order chi connectivity index (χ1) is 10.9. The first-order valence-corrected chi connectivity index (χ1v) is 7.04. The van der Waals surface area contributed by atoms with Crippen molar-refractivity contribution >= 4 is 10.8 Å². The van der Waals surface area contributed by atoms with E-state index in [-0.39, 0.29) is 0 Å². The SMILES string of the molecule is COc1cccc2cc(-c3cccc(C(F)(F)F)c3)[n+](C)cc12. The molecular weight excluding hydrogens is 303 g/mol. The minimum atomic E-state index is -4.35. The van der Waals surface area contributed by atoms with E-state index in [1.165, 1.54) is 12.1 Å². The largest absolute Gasteiger partial charge is 0.496 e. The summed E-state index contributed by atoms with van der Waals surface area (Å²) in [5.41, 5.74) is 0.574. The highest BCUT2D eigenvalue weighted by molar-refractivity contribution is 5.89. The highest BCUT2D eigenvalue weighted by Crippen LogP contribution is 2.32. The van der Waals surface area contributed by atoms with Gasteiger partial charge < -0.3 is 4.74 Å². The molecule has 0 aliphatic heterocycles. The molecule has 3 aromatic rings. The minimum Gasteiger partial charge on any atom is -0.496 e. The number of methoxy groups -OCH3 is 1. The van der Waals surface area contributed by atoms with Crippen molar-refractivity contribution in [3.05, 3.63) is 60.3 Å². The van der Waals surface area contributed by atoms with Gasteiger partial charge in [-0.2, -0.15) is 13.2 Å². The quantitative estimate of drug-likeness (QED) is 0.640. The number of alkyl halides is 3. The molecule has 0 aliphatic carbocycles. The van der Waals surface area contributed by atoms with Crippen LogP contribution in [0.2, 0.25) is 0 Å². The molecule has 0 N–H and O–H groups in total. The topological polar surface area (TPSA) is 13.1 Å². The molecule has 3 rings (SSSR count). The van der Waals surface area contributed by atoms with Gasteiger partial charge in [0.25, 0.3) is 0 Å². The van der Waals surface area contributed by atoms with Gasteiger partial charge in [0, 0.05) is 11.6 Å². The second-order valence-electron chi connectivity index (χ2n) is 5.31. The van der Waals surface area contributed by atoms with Gasteiger partial charge >= 0.3 is 6.18 Å². The Bertz CT molecular complexity index is 872. The predicted octanol–water partition coefficient (Wildman–Crippen LogP) is 4.36. The molecule has 0 atom stereocenters. The summed E-state index contributed by atoms with van der Waals surface area (Å²) in [6, 6.07) is 12.8. The van der Waals surface area contributed by atoms with Crippen molar-refractivity contribution in [1.82, 2.24) is 0 Å². The van der Waals surface area contributed by atoms with Gasteiger partial charge in [0.1, 0.15) is 12.8 Å². The molecule has 2 aromatic carbocycles. The molecule has 0 radical (unpaired) electrons. The summed E-state index contributed by atoms with van der Waals surface area (Å²) in [6.07, 6.45) is -2.49. The lowest BCUT2D eigenvalue weighted by molar-refractivity contribution is -0.659. The third-order valence-electron chi connectivity index (χ3n) is 3.80. The van der Waals surface area contributed by atoms with E-state index in [0.717, 1.165) is 22.6 Å². The molecule has 0 saturated carbocycles. The average Bonchev–Trinajstić information content (AvgIpc) is 2.53. The van der Waals surface area contributed by atoms with Gasteiger partial charge in [0.15, 0.2) is 6.20 Å². The van der Waals surface area contributed by atoms with E-state index in [9.17, 15) is 13.2 Å². The fourth-order valence-corrected chi connectivity index (χ4v) is 2.66. The maximum Gasteiger partial charge on any atom is 0.416 e. The summed E-state index contributed by atoms with van der Waals surface area (Å²) in [6.45, 7) is 0. The second kappa shape index (κ2) is 5.57. The van der Waals surface area contributed by atoms with Crippen LogP contribution < -0.4 is 9.30 Å². The van der Waals surface area contributed by atoms with Crippen molar-refractivity contribution in [2.75, 3.05) is 7.11 Å². The molecule has 0 saturated heterocycles. The summed E-state index contributed by atoms with van der Waals surface area (Å²) >= 11 is 0. The molecule has 0 fully saturated rings. The number of nitrogens with zero attached hydrogens (tertiary/aromatic N) is 1. The van der Waals surface area contributed by atoms with Gasteiger partial charge in [-0.05, 0) is 29.7 Å². The van der Waals surface area contributed by atoms with Crippen molar-refractivity contribution < 1.29 is 22.5 Å². The number of rotatable bonds is 2. The predicted molar refractivity (Wildman–Crippen MR) is 82.1 cm³/mol. The van der Waals surface area contributed by atoms with Crippen LogP contribution in [-0.2, 0) is 13.2 Å². The molecule has 5 heteroatoms. The van der Waals surface area contributed by atoms with E-state index in [1.54, 1.807) is 17.7 Å². The molecule has 118 valence electrons. The van der Waals surface area contributed by atoms with Crippen molar-refractivity contribution in [2.45, 2.75) is 6.18 Å². The molecular formula is C18H15F3NO+. The van der Waals surface area contributed by atoms with E-state index in [2.05, 4.69) is 0 Å². The van der Waals surface area contributed by atoms with Crippen LogP contribution in [0.15, 0.2) is 54.7 Å².